The summed E-state index contributed by atoms with van der Waals surface area (Å²) in [4.78, 5) is 11.3. The molecule has 76 valence electrons. The number of amides is 2. The van der Waals surface area contributed by atoms with E-state index in [0.717, 1.165) is 17.7 Å². The van der Waals surface area contributed by atoms with E-state index in [-0.39, 0.29) is 6.03 Å². The van der Waals surface area contributed by atoms with Crippen molar-refractivity contribution in [2.75, 3.05) is 11.9 Å². The molecule has 0 bridgehead atoms. The van der Waals surface area contributed by atoms with Crippen molar-refractivity contribution < 1.29 is 4.79 Å². The van der Waals surface area contributed by atoms with Crippen molar-refractivity contribution in [2.24, 2.45) is 0 Å². The van der Waals surface area contributed by atoms with Crippen LogP contribution in [0.3, 0.4) is 0 Å². The number of anilines is 1. The molecule has 0 unspecified atom stereocenters. The van der Waals surface area contributed by atoms with Crippen LogP contribution >= 0.6 is 0 Å². The summed E-state index contributed by atoms with van der Waals surface area (Å²) in [5, 5.41) is 5.55. The van der Waals surface area contributed by atoms with Gasteiger partial charge in [-0.2, -0.15) is 0 Å². The maximum atomic E-state index is 11.3. The SMILES string of the molecule is CCCNC(=O)Nc1ccccc1C. The van der Waals surface area contributed by atoms with Crippen LogP contribution < -0.4 is 10.6 Å². The van der Waals surface area contributed by atoms with Crippen LogP contribution in [0.4, 0.5) is 10.5 Å². The zero-order valence-electron chi connectivity index (χ0n) is 8.63. The van der Waals surface area contributed by atoms with E-state index in [1.54, 1.807) is 0 Å². The van der Waals surface area contributed by atoms with E-state index >= 15 is 0 Å². The first-order valence-corrected chi connectivity index (χ1v) is 4.84. The highest BCUT2D eigenvalue weighted by Gasteiger charge is 2.01. The van der Waals surface area contributed by atoms with Gasteiger partial charge in [0.15, 0.2) is 0 Å². The maximum Gasteiger partial charge on any atom is 0.319 e. The summed E-state index contributed by atoms with van der Waals surface area (Å²) in [6.45, 7) is 4.70. The second kappa shape index (κ2) is 5.27. The van der Waals surface area contributed by atoms with Gasteiger partial charge in [-0.25, -0.2) is 4.79 Å². The molecule has 1 rings (SSSR count). The van der Waals surface area contributed by atoms with Crippen molar-refractivity contribution in [1.29, 1.82) is 0 Å². The average Bonchev–Trinajstić information content (AvgIpc) is 2.18. The molecule has 0 aromatic heterocycles. The Hall–Kier alpha value is -1.51. The number of urea groups is 1. The number of benzene rings is 1. The van der Waals surface area contributed by atoms with Crippen LogP contribution in [-0.4, -0.2) is 12.6 Å². The van der Waals surface area contributed by atoms with Crippen molar-refractivity contribution in [3.8, 4) is 0 Å². The fraction of sp³-hybridized carbons (Fsp3) is 0.364. The topological polar surface area (TPSA) is 41.1 Å². The zero-order chi connectivity index (χ0) is 10.4. The molecule has 3 nitrogen and oxygen atoms in total. The van der Waals surface area contributed by atoms with E-state index in [2.05, 4.69) is 10.6 Å². The Bertz CT molecular complexity index is 310. The van der Waals surface area contributed by atoms with Crippen molar-refractivity contribution >= 4 is 11.7 Å². The van der Waals surface area contributed by atoms with Gasteiger partial charge >= 0.3 is 6.03 Å². The molecule has 0 aliphatic carbocycles. The van der Waals surface area contributed by atoms with E-state index in [9.17, 15) is 4.79 Å². The molecular weight excluding hydrogens is 176 g/mol. The monoisotopic (exact) mass is 192 g/mol. The van der Waals surface area contributed by atoms with E-state index in [1.807, 2.05) is 38.1 Å². The van der Waals surface area contributed by atoms with Crippen LogP contribution in [0.2, 0.25) is 0 Å². The lowest BCUT2D eigenvalue weighted by atomic mass is 10.2. The molecule has 2 N–H and O–H groups in total. The van der Waals surface area contributed by atoms with Crippen molar-refractivity contribution in [3.05, 3.63) is 29.8 Å². The average molecular weight is 192 g/mol. The molecule has 2 amide bonds. The smallest absolute Gasteiger partial charge is 0.319 e. The van der Waals surface area contributed by atoms with Crippen LogP contribution in [0.1, 0.15) is 18.9 Å². The number of nitrogens with one attached hydrogen (secondary N) is 2. The second-order valence-electron chi connectivity index (χ2n) is 3.20. The summed E-state index contributed by atoms with van der Waals surface area (Å²) >= 11 is 0. The molecule has 0 aliphatic rings. The van der Waals surface area contributed by atoms with Gasteiger partial charge in [0.1, 0.15) is 0 Å². The van der Waals surface area contributed by atoms with E-state index in [0.29, 0.717) is 6.54 Å². The second-order valence-corrected chi connectivity index (χ2v) is 3.20. The van der Waals surface area contributed by atoms with Crippen LogP contribution in [0.15, 0.2) is 24.3 Å². The molecule has 14 heavy (non-hydrogen) atoms. The molecular formula is C11H16N2O. The lowest BCUT2D eigenvalue weighted by Crippen LogP contribution is -2.29. The number of rotatable bonds is 3. The Kier molecular flexibility index (Phi) is 3.98. The Morgan fingerprint density at radius 2 is 2.07 bits per heavy atom. The highest BCUT2D eigenvalue weighted by molar-refractivity contribution is 5.89. The highest BCUT2D eigenvalue weighted by atomic mass is 16.2. The number of para-hydroxylation sites is 1. The normalized spacial score (nSPS) is 9.57. The first-order valence-electron chi connectivity index (χ1n) is 4.84. The third-order valence-electron chi connectivity index (χ3n) is 1.93. The largest absolute Gasteiger partial charge is 0.338 e. The molecule has 1 aromatic rings. The van der Waals surface area contributed by atoms with E-state index in [4.69, 9.17) is 0 Å². The molecule has 0 spiro atoms. The molecule has 0 fully saturated rings. The summed E-state index contributed by atoms with van der Waals surface area (Å²) < 4.78 is 0. The summed E-state index contributed by atoms with van der Waals surface area (Å²) in [5.41, 5.74) is 1.93. The number of carbonyl (C=O) groups excluding carboxylic acids is 1. The van der Waals surface area contributed by atoms with E-state index in [1.165, 1.54) is 0 Å². The number of aryl methyl sites for hydroxylation is 1. The van der Waals surface area contributed by atoms with Gasteiger partial charge in [-0.1, -0.05) is 25.1 Å². The van der Waals surface area contributed by atoms with Gasteiger partial charge in [-0.3, -0.25) is 0 Å². The lowest BCUT2D eigenvalue weighted by Gasteiger charge is -2.08. The van der Waals surface area contributed by atoms with Gasteiger partial charge in [0.2, 0.25) is 0 Å². The molecule has 3 heteroatoms. The standard InChI is InChI=1S/C11H16N2O/c1-3-8-12-11(14)13-10-7-5-4-6-9(10)2/h4-7H,3,8H2,1-2H3,(H2,12,13,14). The molecule has 0 aliphatic heterocycles. The van der Waals surface area contributed by atoms with Crippen molar-refractivity contribution in [3.63, 3.8) is 0 Å². The molecule has 0 heterocycles. The van der Waals surface area contributed by atoms with Gasteiger partial charge in [-0.15, -0.1) is 0 Å². The molecule has 0 saturated carbocycles. The highest BCUT2D eigenvalue weighted by Crippen LogP contribution is 2.12. The molecule has 0 atom stereocenters. The van der Waals surface area contributed by atoms with Gasteiger partial charge in [0.25, 0.3) is 0 Å². The minimum atomic E-state index is -0.138. The van der Waals surface area contributed by atoms with Gasteiger partial charge in [0, 0.05) is 12.2 Å². The Morgan fingerprint density at radius 3 is 2.71 bits per heavy atom. The van der Waals surface area contributed by atoms with Crippen LogP contribution in [0, 0.1) is 6.92 Å². The fourth-order valence-electron chi connectivity index (χ4n) is 1.12. The third-order valence-corrected chi connectivity index (χ3v) is 1.93. The number of hydrogen-bond acceptors (Lipinski definition) is 1. The van der Waals surface area contributed by atoms with Crippen LogP contribution in [0.5, 0.6) is 0 Å². The first-order chi connectivity index (χ1) is 6.74. The minimum absolute atomic E-state index is 0.138. The quantitative estimate of drug-likeness (QED) is 0.759. The van der Waals surface area contributed by atoms with Gasteiger partial charge in [-0.05, 0) is 25.0 Å². The van der Waals surface area contributed by atoms with Crippen LogP contribution in [-0.2, 0) is 0 Å². The first kappa shape index (κ1) is 10.6. The lowest BCUT2D eigenvalue weighted by molar-refractivity contribution is 0.252. The Labute approximate surface area is 84.5 Å². The van der Waals surface area contributed by atoms with Gasteiger partial charge < -0.3 is 10.6 Å². The van der Waals surface area contributed by atoms with Gasteiger partial charge in [0.05, 0.1) is 0 Å². The summed E-state index contributed by atoms with van der Waals surface area (Å²) in [7, 11) is 0. The van der Waals surface area contributed by atoms with Crippen LogP contribution in [0.25, 0.3) is 0 Å². The minimum Gasteiger partial charge on any atom is -0.338 e. The van der Waals surface area contributed by atoms with Crippen molar-refractivity contribution in [2.45, 2.75) is 20.3 Å². The number of carbonyl (C=O) groups is 1. The summed E-state index contributed by atoms with van der Waals surface area (Å²) in [6, 6.07) is 7.57. The zero-order valence-corrected chi connectivity index (χ0v) is 8.63. The molecule has 1 aromatic carbocycles. The third kappa shape index (κ3) is 3.09. The Balaban J connectivity index is 2.52. The maximum absolute atomic E-state index is 11.3. The fourth-order valence-corrected chi connectivity index (χ4v) is 1.12. The molecule has 0 radical (unpaired) electrons. The number of hydrogen-bond donors (Lipinski definition) is 2. The predicted octanol–water partition coefficient (Wildman–Crippen LogP) is 2.53. The van der Waals surface area contributed by atoms with E-state index < -0.39 is 0 Å². The summed E-state index contributed by atoms with van der Waals surface area (Å²) in [5.74, 6) is 0. The predicted molar refractivity (Wildman–Crippen MR) is 58.5 cm³/mol. The Morgan fingerprint density at radius 1 is 1.36 bits per heavy atom. The molecule has 0 saturated heterocycles. The van der Waals surface area contributed by atoms with Crippen molar-refractivity contribution in [1.82, 2.24) is 5.32 Å². The summed E-state index contributed by atoms with van der Waals surface area (Å²) in [6.07, 6.45) is 0.946.